The summed E-state index contributed by atoms with van der Waals surface area (Å²) >= 11 is 0. The van der Waals surface area contributed by atoms with Gasteiger partial charge in [-0.3, -0.25) is 9.98 Å². The first-order valence-corrected chi connectivity index (χ1v) is 9.98. The van der Waals surface area contributed by atoms with Crippen molar-refractivity contribution in [3.63, 3.8) is 0 Å². The van der Waals surface area contributed by atoms with Gasteiger partial charge in [0.25, 0.3) is 0 Å². The number of nitrogens with one attached hydrogen (secondary N) is 2. The second kappa shape index (κ2) is 12.1. The number of guanidine groups is 1. The predicted molar refractivity (Wildman–Crippen MR) is 125 cm³/mol. The molecule has 0 unspecified atom stereocenters. The number of halogens is 2. The molecule has 1 aromatic carbocycles. The van der Waals surface area contributed by atoms with Crippen molar-refractivity contribution in [2.75, 3.05) is 32.8 Å². The van der Waals surface area contributed by atoms with Crippen molar-refractivity contribution in [3.8, 4) is 0 Å². The van der Waals surface area contributed by atoms with Crippen molar-refractivity contribution in [2.45, 2.75) is 31.6 Å². The fourth-order valence-corrected chi connectivity index (χ4v) is 3.53. The average molecular weight is 512 g/mol. The van der Waals surface area contributed by atoms with Gasteiger partial charge in [0.2, 0.25) is 0 Å². The van der Waals surface area contributed by atoms with E-state index in [4.69, 9.17) is 9.73 Å². The number of aliphatic imine (C=N–C) groups is 1. The van der Waals surface area contributed by atoms with E-state index in [1.807, 2.05) is 36.5 Å². The third kappa shape index (κ3) is 6.92. The van der Waals surface area contributed by atoms with Crippen molar-refractivity contribution in [1.29, 1.82) is 0 Å². The monoisotopic (exact) mass is 512 g/mol. The van der Waals surface area contributed by atoms with Crippen LogP contribution >= 0.6 is 24.0 Å². The van der Waals surface area contributed by atoms with E-state index in [-0.39, 0.29) is 35.2 Å². The van der Waals surface area contributed by atoms with Gasteiger partial charge >= 0.3 is 0 Å². The Morgan fingerprint density at radius 3 is 2.55 bits per heavy atom. The molecule has 0 aliphatic carbocycles. The summed E-state index contributed by atoms with van der Waals surface area (Å²) in [7, 11) is 0. The van der Waals surface area contributed by atoms with Crippen LogP contribution in [0, 0.1) is 5.82 Å². The standard InChI is InChI=1S/C22H29FN4O.HI/c1-2-24-21(26-14-10-20-5-3-4-13-25-20)27-17-22(11-15-28-16-12-22)18-6-8-19(23)9-7-18;/h3-9,13H,2,10-12,14-17H2,1H3,(H2,24,26,27);1H. The third-order valence-corrected chi connectivity index (χ3v) is 5.19. The van der Waals surface area contributed by atoms with Gasteiger partial charge in [0, 0.05) is 50.0 Å². The number of ether oxygens (including phenoxy) is 1. The van der Waals surface area contributed by atoms with E-state index in [9.17, 15) is 4.39 Å². The van der Waals surface area contributed by atoms with Gasteiger partial charge in [-0.25, -0.2) is 4.39 Å². The molecule has 0 bridgehead atoms. The molecule has 1 aromatic heterocycles. The van der Waals surface area contributed by atoms with Crippen LogP contribution in [0.15, 0.2) is 53.7 Å². The van der Waals surface area contributed by atoms with Crippen LogP contribution < -0.4 is 10.6 Å². The lowest BCUT2D eigenvalue weighted by atomic mass is 9.74. The lowest BCUT2D eigenvalue weighted by Crippen LogP contribution is -2.41. The highest BCUT2D eigenvalue weighted by atomic mass is 127. The van der Waals surface area contributed by atoms with Crippen molar-refractivity contribution in [1.82, 2.24) is 15.6 Å². The maximum absolute atomic E-state index is 13.4. The third-order valence-electron chi connectivity index (χ3n) is 5.19. The van der Waals surface area contributed by atoms with E-state index in [0.29, 0.717) is 19.8 Å². The summed E-state index contributed by atoms with van der Waals surface area (Å²) in [4.78, 5) is 9.22. The Hall–Kier alpha value is -1.74. The van der Waals surface area contributed by atoms with Crippen molar-refractivity contribution < 1.29 is 9.13 Å². The van der Waals surface area contributed by atoms with E-state index in [1.165, 1.54) is 12.1 Å². The number of hydrogen-bond acceptors (Lipinski definition) is 3. The highest BCUT2D eigenvalue weighted by Gasteiger charge is 2.34. The van der Waals surface area contributed by atoms with E-state index in [0.717, 1.165) is 49.6 Å². The van der Waals surface area contributed by atoms with Crippen LogP contribution in [0.25, 0.3) is 0 Å². The van der Waals surface area contributed by atoms with E-state index in [1.54, 1.807) is 0 Å². The van der Waals surface area contributed by atoms with Gasteiger partial charge in [-0.05, 0) is 49.6 Å². The Labute approximate surface area is 189 Å². The number of benzene rings is 1. The molecule has 2 N–H and O–H groups in total. The average Bonchev–Trinajstić information content (AvgIpc) is 2.74. The second-order valence-corrected chi connectivity index (χ2v) is 7.09. The summed E-state index contributed by atoms with van der Waals surface area (Å²) in [6.45, 7) is 5.66. The topological polar surface area (TPSA) is 58.5 Å². The SMILES string of the molecule is CCNC(=NCC1(c2ccc(F)cc2)CCOCC1)NCCc1ccccn1.I. The van der Waals surface area contributed by atoms with Gasteiger partial charge in [-0.1, -0.05) is 18.2 Å². The minimum absolute atomic E-state index is 0. The molecular formula is C22H30FIN4O. The molecule has 1 aliphatic rings. The van der Waals surface area contributed by atoms with Crippen LogP contribution in [-0.2, 0) is 16.6 Å². The summed E-state index contributed by atoms with van der Waals surface area (Å²) in [5.41, 5.74) is 2.07. The molecule has 158 valence electrons. The molecule has 0 amide bonds. The number of pyridine rings is 1. The fraction of sp³-hybridized carbons (Fsp3) is 0.455. The molecule has 1 aliphatic heterocycles. The van der Waals surface area contributed by atoms with Crippen molar-refractivity contribution >= 4 is 29.9 Å². The highest BCUT2D eigenvalue weighted by molar-refractivity contribution is 14.0. The molecule has 29 heavy (non-hydrogen) atoms. The Morgan fingerprint density at radius 2 is 1.90 bits per heavy atom. The minimum atomic E-state index is -0.209. The number of nitrogens with zero attached hydrogens (tertiary/aromatic N) is 2. The molecule has 3 rings (SSSR count). The van der Waals surface area contributed by atoms with Gasteiger partial charge in [-0.15, -0.1) is 24.0 Å². The number of rotatable bonds is 7. The zero-order valence-electron chi connectivity index (χ0n) is 16.9. The van der Waals surface area contributed by atoms with E-state index < -0.39 is 0 Å². The molecule has 1 saturated heterocycles. The van der Waals surface area contributed by atoms with Crippen LogP contribution in [-0.4, -0.2) is 43.8 Å². The first-order valence-electron chi connectivity index (χ1n) is 9.98. The molecule has 0 saturated carbocycles. The van der Waals surface area contributed by atoms with Crippen molar-refractivity contribution in [3.05, 3.63) is 65.7 Å². The molecule has 2 heterocycles. The van der Waals surface area contributed by atoms with Gasteiger partial charge < -0.3 is 15.4 Å². The predicted octanol–water partition coefficient (Wildman–Crippen LogP) is 3.68. The Morgan fingerprint density at radius 1 is 1.14 bits per heavy atom. The van der Waals surface area contributed by atoms with Crippen LogP contribution in [0.5, 0.6) is 0 Å². The smallest absolute Gasteiger partial charge is 0.191 e. The normalized spacial score (nSPS) is 16.0. The summed E-state index contributed by atoms with van der Waals surface area (Å²) in [6.07, 6.45) is 4.42. The van der Waals surface area contributed by atoms with Crippen LogP contribution in [0.3, 0.4) is 0 Å². The number of hydrogen-bond donors (Lipinski definition) is 2. The number of aromatic nitrogens is 1. The Kier molecular flexibility index (Phi) is 9.80. The van der Waals surface area contributed by atoms with Crippen LogP contribution in [0.1, 0.15) is 31.0 Å². The van der Waals surface area contributed by atoms with Crippen LogP contribution in [0.2, 0.25) is 0 Å². The minimum Gasteiger partial charge on any atom is -0.381 e. The summed E-state index contributed by atoms with van der Waals surface area (Å²) in [5.74, 6) is 0.588. The highest BCUT2D eigenvalue weighted by Crippen LogP contribution is 2.35. The maximum atomic E-state index is 13.4. The van der Waals surface area contributed by atoms with Crippen molar-refractivity contribution in [2.24, 2.45) is 4.99 Å². The molecular weight excluding hydrogens is 482 g/mol. The molecule has 0 spiro atoms. The van der Waals surface area contributed by atoms with E-state index in [2.05, 4.69) is 22.5 Å². The van der Waals surface area contributed by atoms with Crippen LogP contribution in [0.4, 0.5) is 4.39 Å². The fourth-order valence-electron chi connectivity index (χ4n) is 3.53. The second-order valence-electron chi connectivity index (χ2n) is 7.09. The quantitative estimate of drug-likeness (QED) is 0.338. The zero-order chi connectivity index (χ0) is 19.7. The Balaban J connectivity index is 0.00000300. The van der Waals surface area contributed by atoms with E-state index >= 15 is 0 Å². The molecule has 5 nitrogen and oxygen atoms in total. The lowest BCUT2D eigenvalue weighted by molar-refractivity contribution is 0.0531. The first-order chi connectivity index (χ1) is 13.7. The zero-order valence-corrected chi connectivity index (χ0v) is 19.2. The molecule has 2 aromatic rings. The first kappa shape index (κ1) is 23.5. The summed E-state index contributed by atoms with van der Waals surface area (Å²) in [6, 6.07) is 12.8. The molecule has 1 fully saturated rings. The molecule has 0 atom stereocenters. The van der Waals surface area contributed by atoms with Gasteiger partial charge in [0.1, 0.15) is 5.82 Å². The summed E-state index contributed by atoms with van der Waals surface area (Å²) < 4.78 is 19.0. The molecule has 0 radical (unpaired) electrons. The van der Waals surface area contributed by atoms with Gasteiger partial charge in [0.15, 0.2) is 5.96 Å². The maximum Gasteiger partial charge on any atom is 0.191 e. The summed E-state index contributed by atoms with van der Waals surface area (Å²) in [5, 5.41) is 6.71. The molecule has 7 heteroatoms. The van der Waals surface area contributed by atoms with Gasteiger partial charge in [-0.2, -0.15) is 0 Å². The van der Waals surface area contributed by atoms with Gasteiger partial charge in [0.05, 0.1) is 6.54 Å². The lowest BCUT2D eigenvalue weighted by Gasteiger charge is -2.36. The largest absolute Gasteiger partial charge is 0.381 e. The Bertz CT molecular complexity index is 749.